The van der Waals surface area contributed by atoms with Crippen LogP contribution in [0.3, 0.4) is 0 Å². The predicted octanol–water partition coefficient (Wildman–Crippen LogP) is 35.3. The molecular weight excluding hydrogens is 1780 g/mol. The summed E-state index contributed by atoms with van der Waals surface area (Å²) in [5, 5.41) is 4.54. The van der Waals surface area contributed by atoms with Crippen LogP contribution < -0.4 is 0 Å². The first-order chi connectivity index (χ1) is 72.8. The zero-order chi connectivity index (χ0) is 97.0. The number of hydrogen-bond acceptors (Lipinski definition) is 6. The maximum Gasteiger partial charge on any atom is 0.164 e. The summed E-state index contributed by atoms with van der Waals surface area (Å²) in [6.45, 7) is 0. The van der Waals surface area contributed by atoms with Crippen LogP contribution >= 0.6 is 0 Å². The van der Waals surface area contributed by atoms with Gasteiger partial charge in [0.25, 0.3) is 0 Å². The Morgan fingerprint density at radius 1 is 0.129 bits per heavy atom. The quantitative estimate of drug-likeness (QED) is 0.0851. The van der Waals surface area contributed by atoms with Gasteiger partial charge in [-0.15, -0.1) is 0 Å². The van der Waals surface area contributed by atoms with Gasteiger partial charge >= 0.3 is 0 Å². The Morgan fingerprint density at radius 3 is 0.680 bits per heavy atom. The number of fused-ring (bicyclic) bond motifs is 16. The molecule has 0 unspecified atom stereocenters. The lowest BCUT2D eigenvalue weighted by Crippen LogP contribution is -2.26. The fourth-order valence-corrected chi connectivity index (χ4v) is 23.0. The standard InChI is InChI=1S/C139H88N8/c1-9-35-89(36-10-1)99-67-73-127-121(85-99)131-115(101-53-31-57-105(77-101)137-142-133(95-47-21-7-22-48-95)140-135(144-137)103-55-29-51-97(75-103)111-81-107(91-39-13-3-14-40-91)79-108(82-111)92-41-15-4-16-42-92)61-33-65-129(131)146(127)113-69-71-119-120-72-70-114(88-126(120)139(125(119)87-113)123-63-27-25-59-117(123)118-60-26-28-64-124(118)139)147-128-74-68-100(90-37-11-2-12-38-90)86-122(128)132-116(62-34-66-130(132)147)102-54-32-58-106(78-102)138-143-134(96-49-23-8-24-50-96)141-136(145-138)104-56-30-52-98(76-104)112-83-109(93-43-17-5-18-44-93)80-110(84-112)94-45-19-6-20-46-94/h1-88H. The molecule has 2 aliphatic carbocycles. The molecule has 0 saturated heterocycles. The first-order valence-corrected chi connectivity index (χ1v) is 50.2. The maximum atomic E-state index is 5.48. The third-order valence-corrected chi connectivity index (χ3v) is 29.8. The Kier molecular flexibility index (Phi) is 20.7. The molecule has 147 heavy (non-hydrogen) atoms. The fourth-order valence-electron chi connectivity index (χ4n) is 23.0. The van der Waals surface area contributed by atoms with Crippen LogP contribution in [0.4, 0.5) is 0 Å². The predicted molar refractivity (Wildman–Crippen MR) is 605 cm³/mol. The molecule has 1 spiro atoms. The highest BCUT2D eigenvalue weighted by atomic mass is 15.0. The van der Waals surface area contributed by atoms with E-state index in [9.17, 15) is 0 Å². The van der Waals surface area contributed by atoms with Crippen molar-refractivity contribution in [3.63, 3.8) is 0 Å². The molecule has 0 atom stereocenters. The Balaban J connectivity index is 0.579. The van der Waals surface area contributed by atoms with E-state index in [1.807, 2.05) is 36.4 Å². The molecule has 0 fully saturated rings. The molecule has 28 rings (SSSR count). The van der Waals surface area contributed by atoms with Crippen molar-refractivity contribution in [2.45, 2.75) is 5.41 Å². The summed E-state index contributed by atoms with van der Waals surface area (Å²) in [6, 6.07) is 194. The molecule has 22 aromatic carbocycles. The Labute approximate surface area is 851 Å². The lowest BCUT2D eigenvalue weighted by atomic mass is 9.70. The van der Waals surface area contributed by atoms with Crippen molar-refractivity contribution in [3.05, 3.63) is 556 Å². The largest absolute Gasteiger partial charge is 0.309 e. The molecule has 0 saturated carbocycles. The van der Waals surface area contributed by atoms with Crippen LogP contribution in [0, 0.1) is 0 Å². The number of hydrogen-bond donors (Lipinski definition) is 0. The highest BCUT2D eigenvalue weighted by Gasteiger charge is 2.52. The normalized spacial score (nSPS) is 12.1. The van der Waals surface area contributed by atoms with Gasteiger partial charge in [0.15, 0.2) is 34.9 Å². The van der Waals surface area contributed by atoms with Crippen LogP contribution in [0.15, 0.2) is 534 Å². The molecule has 0 aliphatic heterocycles. The van der Waals surface area contributed by atoms with E-state index in [4.69, 9.17) is 29.9 Å². The Bertz CT molecular complexity index is 9030. The van der Waals surface area contributed by atoms with Gasteiger partial charge in [-0.25, -0.2) is 29.9 Å². The van der Waals surface area contributed by atoms with Gasteiger partial charge in [-0.2, -0.15) is 0 Å². The van der Waals surface area contributed by atoms with Gasteiger partial charge in [-0.05, 0) is 277 Å². The minimum Gasteiger partial charge on any atom is -0.309 e. The molecule has 684 valence electrons. The number of benzene rings is 22. The molecule has 0 amide bonds. The van der Waals surface area contributed by atoms with E-state index >= 15 is 0 Å². The highest BCUT2D eigenvalue weighted by molar-refractivity contribution is 6.19. The smallest absolute Gasteiger partial charge is 0.164 e. The first kappa shape index (κ1) is 85.4. The van der Waals surface area contributed by atoms with Gasteiger partial charge < -0.3 is 9.13 Å². The second-order valence-corrected chi connectivity index (χ2v) is 38.3. The maximum absolute atomic E-state index is 5.48. The summed E-state index contributed by atoms with van der Waals surface area (Å²) in [7, 11) is 0. The summed E-state index contributed by atoms with van der Waals surface area (Å²) in [5.74, 6) is 3.49. The van der Waals surface area contributed by atoms with Crippen LogP contribution in [0.1, 0.15) is 22.3 Å². The van der Waals surface area contributed by atoms with Gasteiger partial charge in [0.1, 0.15) is 0 Å². The second kappa shape index (κ2) is 35.6. The molecule has 26 aromatic rings. The topological polar surface area (TPSA) is 87.2 Å². The fraction of sp³-hybridized carbons (Fsp3) is 0.00719. The summed E-state index contributed by atoms with van der Waals surface area (Å²) in [6.07, 6.45) is 0. The Hall–Kier alpha value is -19.5. The van der Waals surface area contributed by atoms with E-state index < -0.39 is 5.41 Å². The molecule has 8 heteroatoms. The van der Waals surface area contributed by atoms with Gasteiger partial charge in [0.05, 0.1) is 27.5 Å². The van der Waals surface area contributed by atoms with E-state index in [0.29, 0.717) is 34.9 Å². The Morgan fingerprint density at radius 2 is 0.354 bits per heavy atom. The monoisotopic (exact) mass is 1870 g/mol. The van der Waals surface area contributed by atoms with Crippen molar-refractivity contribution >= 4 is 43.6 Å². The minimum absolute atomic E-state index is 0.574. The van der Waals surface area contributed by atoms with Crippen molar-refractivity contribution in [1.29, 1.82) is 0 Å². The molecular formula is C139H88N8. The molecule has 8 nitrogen and oxygen atoms in total. The lowest BCUT2D eigenvalue weighted by molar-refractivity contribution is 0.791. The van der Waals surface area contributed by atoms with E-state index in [1.54, 1.807) is 0 Å². The summed E-state index contributed by atoms with van der Waals surface area (Å²) >= 11 is 0. The minimum atomic E-state index is -0.766. The van der Waals surface area contributed by atoms with Crippen LogP contribution in [0.25, 0.3) is 257 Å². The van der Waals surface area contributed by atoms with E-state index in [1.165, 1.54) is 44.5 Å². The zero-order valence-corrected chi connectivity index (χ0v) is 79.9. The third-order valence-electron chi connectivity index (χ3n) is 29.8. The van der Waals surface area contributed by atoms with E-state index in [2.05, 4.69) is 507 Å². The van der Waals surface area contributed by atoms with Gasteiger partial charge in [0, 0.05) is 66.3 Å². The average Bonchev–Trinajstić information content (AvgIpc) is 1.50. The van der Waals surface area contributed by atoms with Crippen LogP contribution in [-0.4, -0.2) is 39.0 Å². The number of rotatable bonds is 18. The molecule has 4 aromatic heterocycles. The number of nitrogens with zero attached hydrogens (tertiary/aromatic N) is 8. The molecule has 0 N–H and O–H groups in total. The SMILES string of the molecule is c1ccc(-c2cc(-c3ccccc3)cc(-c3cccc(-c4nc(-c5ccccc5)nc(-c5cccc(-c6cccc7c6c6cc(-c8ccccc8)ccc6n7-c6ccc7c(c6)C6(c8ccccc8-c8ccccc86)c6cc(-n8c9ccc(-c%10ccccc%10)cc9c9c(-c%10cccc(-c%11nc(-c%12ccccc%12)nc(-c%12cccc(-c%13cc(-c%14ccccc%14)cc(-c%14ccccc%14)c%13)c%12)n%11)c%10)cccc98)ccc6-7)c5)n4)c3)c2)cc1. The van der Waals surface area contributed by atoms with Crippen LogP contribution in [0.2, 0.25) is 0 Å². The highest BCUT2D eigenvalue weighted by Crippen LogP contribution is 2.64. The average molecular weight is 1870 g/mol. The van der Waals surface area contributed by atoms with Crippen molar-refractivity contribution in [2.75, 3.05) is 0 Å². The summed E-state index contributed by atoms with van der Waals surface area (Å²) in [5.41, 5.74) is 43.1. The molecule has 4 heterocycles. The summed E-state index contributed by atoms with van der Waals surface area (Å²) in [4.78, 5) is 32.4. The van der Waals surface area contributed by atoms with Crippen molar-refractivity contribution in [2.24, 2.45) is 0 Å². The number of aromatic nitrogens is 8. The lowest BCUT2D eigenvalue weighted by Gasteiger charge is -2.31. The van der Waals surface area contributed by atoms with Crippen molar-refractivity contribution in [1.82, 2.24) is 39.0 Å². The van der Waals surface area contributed by atoms with Crippen LogP contribution in [-0.2, 0) is 5.41 Å². The van der Waals surface area contributed by atoms with Crippen molar-refractivity contribution in [3.8, 4) is 213 Å². The van der Waals surface area contributed by atoms with Crippen molar-refractivity contribution < 1.29 is 0 Å². The molecule has 0 radical (unpaired) electrons. The molecule has 0 bridgehead atoms. The first-order valence-electron chi connectivity index (χ1n) is 50.2. The van der Waals surface area contributed by atoms with Gasteiger partial charge in [0.2, 0.25) is 0 Å². The van der Waals surface area contributed by atoms with Gasteiger partial charge in [-0.1, -0.05) is 413 Å². The third kappa shape index (κ3) is 14.9. The molecule has 2 aliphatic rings. The second-order valence-electron chi connectivity index (χ2n) is 38.3. The summed E-state index contributed by atoms with van der Waals surface area (Å²) < 4.78 is 5.04. The van der Waals surface area contributed by atoms with E-state index in [-0.39, 0.29) is 0 Å². The van der Waals surface area contributed by atoms with E-state index in [0.717, 1.165) is 200 Å². The van der Waals surface area contributed by atoms with Crippen LogP contribution in [0.5, 0.6) is 0 Å². The zero-order valence-electron chi connectivity index (χ0n) is 79.9. The van der Waals surface area contributed by atoms with Gasteiger partial charge in [-0.3, -0.25) is 0 Å².